The van der Waals surface area contributed by atoms with Crippen LogP contribution in [0.5, 0.6) is 5.75 Å². The van der Waals surface area contributed by atoms with Crippen molar-refractivity contribution in [2.24, 2.45) is 0 Å². The van der Waals surface area contributed by atoms with E-state index in [0.29, 0.717) is 11.3 Å². The van der Waals surface area contributed by atoms with Crippen molar-refractivity contribution in [1.82, 2.24) is 9.78 Å². The summed E-state index contributed by atoms with van der Waals surface area (Å²) in [6, 6.07) is 13.7. The summed E-state index contributed by atoms with van der Waals surface area (Å²) in [4.78, 5) is 24.3. The molecule has 0 saturated carbocycles. The summed E-state index contributed by atoms with van der Waals surface area (Å²) < 4.78 is 6.55. The highest BCUT2D eigenvalue weighted by Gasteiger charge is 2.17. The van der Waals surface area contributed by atoms with Crippen molar-refractivity contribution in [3.63, 3.8) is 0 Å². The number of aromatic nitrogens is 2. The van der Waals surface area contributed by atoms with Crippen LogP contribution >= 0.6 is 0 Å². The summed E-state index contributed by atoms with van der Waals surface area (Å²) >= 11 is 0. The number of anilines is 1. The molecule has 0 spiro atoms. The summed E-state index contributed by atoms with van der Waals surface area (Å²) in [5.41, 5.74) is 2.30. The molecule has 27 heavy (non-hydrogen) atoms. The van der Waals surface area contributed by atoms with Crippen LogP contribution < -0.4 is 5.32 Å². The van der Waals surface area contributed by atoms with Gasteiger partial charge in [0.25, 0.3) is 5.91 Å². The van der Waals surface area contributed by atoms with Crippen LogP contribution in [0.1, 0.15) is 33.3 Å². The molecule has 7 nitrogen and oxygen atoms in total. The minimum atomic E-state index is -0.536. The van der Waals surface area contributed by atoms with Crippen molar-refractivity contribution in [1.29, 1.82) is 0 Å². The number of aromatic hydroxyl groups is 1. The zero-order chi connectivity index (χ0) is 19.4. The lowest BCUT2D eigenvalue weighted by Crippen LogP contribution is -2.13. The number of benzene rings is 2. The first-order valence-electron chi connectivity index (χ1n) is 8.42. The number of hydrogen-bond acceptors (Lipinski definition) is 5. The Kier molecular flexibility index (Phi) is 5.21. The first-order chi connectivity index (χ1) is 13.0. The van der Waals surface area contributed by atoms with Gasteiger partial charge in [0.2, 0.25) is 0 Å². The molecule has 2 aromatic carbocycles. The molecule has 3 rings (SSSR count). The van der Waals surface area contributed by atoms with Crippen molar-refractivity contribution >= 4 is 17.6 Å². The molecule has 0 radical (unpaired) electrons. The molecule has 0 aliphatic carbocycles. The largest absolute Gasteiger partial charge is 0.506 e. The molecule has 1 amide bonds. The average Bonchev–Trinajstić information content (AvgIpc) is 3.05. The Hall–Kier alpha value is -3.61. The van der Waals surface area contributed by atoms with Gasteiger partial charge in [-0.05, 0) is 44.2 Å². The number of rotatable bonds is 5. The van der Waals surface area contributed by atoms with Gasteiger partial charge in [0.1, 0.15) is 5.75 Å². The van der Waals surface area contributed by atoms with Gasteiger partial charge in [0.15, 0.2) is 0 Å². The van der Waals surface area contributed by atoms with Gasteiger partial charge >= 0.3 is 5.97 Å². The number of carbonyl (C=O) groups is 2. The minimum Gasteiger partial charge on any atom is -0.506 e. The summed E-state index contributed by atoms with van der Waals surface area (Å²) in [5.74, 6) is -1.17. The molecule has 0 unspecified atom stereocenters. The van der Waals surface area contributed by atoms with E-state index in [-0.39, 0.29) is 23.6 Å². The monoisotopic (exact) mass is 365 g/mol. The average molecular weight is 365 g/mol. The van der Waals surface area contributed by atoms with Gasteiger partial charge in [0, 0.05) is 0 Å². The third kappa shape index (κ3) is 3.82. The van der Waals surface area contributed by atoms with Gasteiger partial charge < -0.3 is 15.2 Å². The van der Waals surface area contributed by atoms with Crippen LogP contribution in [0.3, 0.4) is 0 Å². The fraction of sp³-hybridized carbons (Fsp3) is 0.150. The van der Waals surface area contributed by atoms with E-state index >= 15 is 0 Å². The van der Waals surface area contributed by atoms with Gasteiger partial charge in [-0.25, -0.2) is 9.48 Å². The maximum absolute atomic E-state index is 12.6. The number of phenolic OH excluding ortho intramolecular Hbond substituents is 1. The summed E-state index contributed by atoms with van der Waals surface area (Å²) in [5, 5.41) is 17.0. The molecular formula is C20H19N3O4. The molecule has 0 atom stereocenters. The highest BCUT2D eigenvalue weighted by atomic mass is 16.5. The lowest BCUT2D eigenvalue weighted by atomic mass is 10.1. The second kappa shape index (κ2) is 7.74. The van der Waals surface area contributed by atoms with Crippen LogP contribution in [-0.4, -0.2) is 33.4 Å². The van der Waals surface area contributed by atoms with Crippen LogP contribution in [0.2, 0.25) is 0 Å². The maximum atomic E-state index is 12.6. The Morgan fingerprint density at radius 2 is 1.93 bits per heavy atom. The Bertz CT molecular complexity index is 980. The molecule has 1 aromatic heterocycles. The van der Waals surface area contributed by atoms with Gasteiger partial charge in [-0.2, -0.15) is 5.10 Å². The molecule has 138 valence electrons. The zero-order valence-corrected chi connectivity index (χ0v) is 15.0. The smallest absolute Gasteiger partial charge is 0.338 e. The van der Waals surface area contributed by atoms with Crippen molar-refractivity contribution in [2.75, 3.05) is 11.9 Å². The predicted molar refractivity (Wildman–Crippen MR) is 100 cm³/mol. The van der Waals surface area contributed by atoms with Gasteiger partial charge in [0.05, 0.1) is 41.0 Å². The maximum Gasteiger partial charge on any atom is 0.338 e. The van der Waals surface area contributed by atoms with Gasteiger partial charge in [-0.3, -0.25) is 4.79 Å². The first-order valence-corrected chi connectivity index (χ1v) is 8.42. The molecule has 2 N–H and O–H groups in total. The molecule has 0 bridgehead atoms. The fourth-order valence-corrected chi connectivity index (χ4v) is 2.63. The van der Waals surface area contributed by atoms with E-state index in [2.05, 4.69) is 10.4 Å². The number of phenols is 1. The van der Waals surface area contributed by atoms with Crippen LogP contribution in [0.15, 0.2) is 54.7 Å². The molecule has 0 saturated heterocycles. The number of esters is 1. The summed E-state index contributed by atoms with van der Waals surface area (Å²) in [7, 11) is 0. The minimum absolute atomic E-state index is 0.194. The number of nitrogens with one attached hydrogen (secondary N) is 1. The lowest BCUT2D eigenvalue weighted by Gasteiger charge is -2.09. The molecule has 0 aliphatic heterocycles. The number of hydrogen-bond donors (Lipinski definition) is 2. The number of ether oxygens (including phenoxy) is 1. The van der Waals surface area contributed by atoms with E-state index in [1.807, 2.05) is 30.3 Å². The second-order valence-corrected chi connectivity index (χ2v) is 5.80. The molecule has 1 heterocycles. The summed E-state index contributed by atoms with van der Waals surface area (Å²) in [6.45, 7) is 3.73. The third-order valence-corrected chi connectivity index (χ3v) is 4.01. The third-order valence-electron chi connectivity index (χ3n) is 4.01. The van der Waals surface area contributed by atoms with Crippen molar-refractivity contribution in [3.8, 4) is 11.4 Å². The van der Waals surface area contributed by atoms with E-state index < -0.39 is 11.9 Å². The molecule has 7 heteroatoms. The molecule has 0 fully saturated rings. The standard InChI is InChI=1S/C20H19N3O4/c1-3-27-20(26)14-9-10-17(18(24)11-14)22-19(25)16-12-21-23(13(16)2)15-7-5-4-6-8-15/h4-12,24H,3H2,1-2H3,(H,22,25). The first kappa shape index (κ1) is 18.2. The number of nitrogens with zero attached hydrogens (tertiary/aromatic N) is 2. The Morgan fingerprint density at radius 1 is 1.19 bits per heavy atom. The van der Waals surface area contributed by atoms with Crippen LogP contribution in [0.4, 0.5) is 5.69 Å². The highest BCUT2D eigenvalue weighted by molar-refractivity contribution is 6.06. The number of carbonyl (C=O) groups excluding carboxylic acids is 2. The fourth-order valence-electron chi connectivity index (χ4n) is 2.63. The quantitative estimate of drug-likeness (QED) is 0.534. The second-order valence-electron chi connectivity index (χ2n) is 5.80. The number of amides is 1. The predicted octanol–water partition coefficient (Wildman–Crippen LogP) is 3.32. The van der Waals surface area contributed by atoms with Crippen molar-refractivity contribution < 1.29 is 19.4 Å². The molecule has 0 aliphatic rings. The van der Waals surface area contributed by atoms with E-state index in [1.54, 1.807) is 18.5 Å². The highest BCUT2D eigenvalue weighted by Crippen LogP contribution is 2.26. The Labute approximate surface area is 156 Å². The van der Waals surface area contributed by atoms with Gasteiger partial charge in [-0.1, -0.05) is 18.2 Å². The summed E-state index contributed by atoms with van der Waals surface area (Å²) in [6.07, 6.45) is 1.47. The van der Waals surface area contributed by atoms with E-state index in [4.69, 9.17) is 4.74 Å². The van der Waals surface area contributed by atoms with E-state index in [0.717, 1.165) is 5.69 Å². The Balaban J connectivity index is 1.80. The Morgan fingerprint density at radius 3 is 2.59 bits per heavy atom. The van der Waals surface area contributed by atoms with Crippen LogP contribution in [0, 0.1) is 6.92 Å². The molecular weight excluding hydrogens is 346 g/mol. The van der Waals surface area contributed by atoms with Crippen molar-refractivity contribution in [3.05, 3.63) is 71.5 Å². The van der Waals surface area contributed by atoms with Crippen LogP contribution in [-0.2, 0) is 4.74 Å². The number of para-hydroxylation sites is 1. The van der Waals surface area contributed by atoms with Gasteiger partial charge in [-0.15, -0.1) is 0 Å². The topological polar surface area (TPSA) is 93.5 Å². The van der Waals surface area contributed by atoms with Crippen molar-refractivity contribution in [2.45, 2.75) is 13.8 Å². The van der Waals surface area contributed by atoms with E-state index in [1.165, 1.54) is 24.4 Å². The normalized spacial score (nSPS) is 10.4. The molecule has 3 aromatic rings. The van der Waals surface area contributed by atoms with E-state index in [9.17, 15) is 14.7 Å². The van der Waals surface area contributed by atoms with Crippen LogP contribution in [0.25, 0.3) is 5.69 Å². The lowest BCUT2D eigenvalue weighted by molar-refractivity contribution is 0.0526. The SMILES string of the molecule is CCOC(=O)c1ccc(NC(=O)c2cnn(-c3ccccc3)c2C)c(O)c1. The zero-order valence-electron chi connectivity index (χ0n) is 15.0.